The van der Waals surface area contributed by atoms with Crippen LogP contribution in [0, 0.1) is 0 Å². The van der Waals surface area contributed by atoms with Crippen LogP contribution in [0.25, 0.3) is 0 Å². The lowest BCUT2D eigenvalue weighted by Crippen LogP contribution is -2.50. The number of rotatable bonds is 3. The number of fused-ring (bicyclic) bond motifs is 3. The van der Waals surface area contributed by atoms with Gasteiger partial charge in [0.2, 0.25) is 15.9 Å². The highest BCUT2D eigenvalue weighted by molar-refractivity contribution is 7.89. The second-order valence-corrected chi connectivity index (χ2v) is 10.8. The maximum absolute atomic E-state index is 13.6. The molecule has 164 valence electrons. The summed E-state index contributed by atoms with van der Waals surface area (Å²) >= 11 is 0. The number of para-hydroxylation sites is 1. The smallest absolute Gasteiger partial charge is 0.245 e. The van der Waals surface area contributed by atoms with E-state index in [1.165, 1.54) is 0 Å². The third-order valence-corrected chi connectivity index (χ3v) is 8.86. The van der Waals surface area contributed by atoms with Crippen LogP contribution in [0.4, 0.5) is 5.69 Å². The molecule has 0 unspecified atom stereocenters. The van der Waals surface area contributed by atoms with Crippen LogP contribution in [0.15, 0.2) is 59.5 Å². The fourth-order valence-electron chi connectivity index (χ4n) is 5.42. The average Bonchev–Trinajstić information content (AvgIpc) is 3.37. The molecule has 0 aromatic heterocycles. The molecular weight excluding hydrogens is 410 g/mol. The van der Waals surface area contributed by atoms with Gasteiger partial charge in [-0.1, -0.05) is 42.5 Å². The lowest BCUT2D eigenvalue weighted by molar-refractivity contribution is -0.133. The van der Waals surface area contributed by atoms with Gasteiger partial charge in [-0.15, -0.1) is 0 Å². The number of hydrogen-bond donors (Lipinski definition) is 0. The number of anilines is 1. The van der Waals surface area contributed by atoms with Crippen LogP contribution in [0.1, 0.15) is 38.2 Å². The SMILES string of the molecule is C[C@@H]1CCCN1C(=O)[C@@H]1CC[C@@H]2CN(Cc3ccccc3)S(=O)(=O)c3ccccc3N21. The van der Waals surface area contributed by atoms with Crippen molar-refractivity contribution in [2.75, 3.05) is 18.0 Å². The highest BCUT2D eigenvalue weighted by Gasteiger charge is 2.47. The van der Waals surface area contributed by atoms with Crippen molar-refractivity contribution in [2.45, 2.75) is 62.2 Å². The number of benzene rings is 2. The van der Waals surface area contributed by atoms with Crippen molar-refractivity contribution < 1.29 is 13.2 Å². The lowest BCUT2D eigenvalue weighted by Gasteiger charge is -2.34. The summed E-state index contributed by atoms with van der Waals surface area (Å²) in [6.45, 7) is 3.64. The van der Waals surface area contributed by atoms with E-state index < -0.39 is 10.0 Å². The van der Waals surface area contributed by atoms with Crippen molar-refractivity contribution in [3.8, 4) is 0 Å². The Morgan fingerprint density at radius 2 is 1.74 bits per heavy atom. The van der Waals surface area contributed by atoms with Crippen molar-refractivity contribution >= 4 is 21.6 Å². The first kappa shape index (κ1) is 20.5. The lowest BCUT2D eigenvalue weighted by atomic mass is 10.1. The summed E-state index contributed by atoms with van der Waals surface area (Å²) in [5.74, 6) is 0.149. The second-order valence-electron chi connectivity index (χ2n) is 8.93. The third kappa shape index (κ3) is 3.53. The number of likely N-dealkylation sites (tertiary alicyclic amines) is 1. The Labute approximate surface area is 184 Å². The minimum Gasteiger partial charge on any atom is -0.354 e. The van der Waals surface area contributed by atoms with E-state index >= 15 is 0 Å². The van der Waals surface area contributed by atoms with E-state index in [9.17, 15) is 13.2 Å². The van der Waals surface area contributed by atoms with Gasteiger partial charge < -0.3 is 9.80 Å². The molecule has 1 amide bonds. The van der Waals surface area contributed by atoms with Crippen LogP contribution in [0.2, 0.25) is 0 Å². The van der Waals surface area contributed by atoms with E-state index in [1.807, 2.05) is 47.4 Å². The molecular formula is C24H29N3O3S. The topological polar surface area (TPSA) is 60.9 Å². The van der Waals surface area contributed by atoms with Gasteiger partial charge in [-0.3, -0.25) is 4.79 Å². The van der Waals surface area contributed by atoms with Gasteiger partial charge >= 0.3 is 0 Å². The summed E-state index contributed by atoms with van der Waals surface area (Å²) in [6, 6.07) is 16.9. The molecule has 2 aromatic carbocycles. The van der Waals surface area contributed by atoms with Gasteiger partial charge in [0, 0.05) is 31.7 Å². The molecule has 0 radical (unpaired) electrons. The molecule has 2 fully saturated rings. The zero-order chi connectivity index (χ0) is 21.6. The molecule has 6 nitrogen and oxygen atoms in total. The maximum atomic E-state index is 13.6. The molecule has 3 aliphatic heterocycles. The Balaban J connectivity index is 1.53. The highest BCUT2D eigenvalue weighted by Crippen LogP contribution is 2.41. The number of nitrogens with zero attached hydrogens (tertiary/aromatic N) is 3. The van der Waals surface area contributed by atoms with Crippen LogP contribution in [-0.2, 0) is 21.4 Å². The van der Waals surface area contributed by atoms with Crippen LogP contribution in [0.5, 0.6) is 0 Å². The van der Waals surface area contributed by atoms with Gasteiger partial charge in [-0.05, 0) is 50.3 Å². The van der Waals surface area contributed by atoms with E-state index in [0.29, 0.717) is 23.7 Å². The van der Waals surface area contributed by atoms with E-state index in [2.05, 4.69) is 11.8 Å². The zero-order valence-corrected chi connectivity index (χ0v) is 18.7. The Bertz CT molecular complexity index is 1070. The molecule has 7 heteroatoms. The van der Waals surface area contributed by atoms with Crippen molar-refractivity contribution in [1.82, 2.24) is 9.21 Å². The molecule has 3 heterocycles. The van der Waals surface area contributed by atoms with Crippen molar-refractivity contribution in [2.24, 2.45) is 0 Å². The summed E-state index contributed by atoms with van der Waals surface area (Å²) in [6.07, 6.45) is 3.66. The van der Waals surface area contributed by atoms with E-state index in [-0.39, 0.29) is 24.0 Å². The molecule has 3 atom stereocenters. The summed E-state index contributed by atoms with van der Waals surface area (Å²) in [7, 11) is -3.67. The fraction of sp³-hybridized carbons (Fsp3) is 0.458. The van der Waals surface area contributed by atoms with E-state index in [1.54, 1.807) is 16.4 Å². The Morgan fingerprint density at radius 1 is 1.00 bits per heavy atom. The Kier molecular flexibility index (Phi) is 5.26. The summed E-state index contributed by atoms with van der Waals surface area (Å²) in [4.78, 5) is 17.9. The van der Waals surface area contributed by atoms with E-state index in [0.717, 1.165) is 37.8 Å². The van der Waals surface area contributed by atoms with Gasteiger partial charge in [0.05, 0.1) is 5.69 Å². The van der Waals surface area contributed by atoms with Gasteiger partial charge in [0.15, 0.2) is 0 Å². The van der Waals surface area contributed by atoms with Crippen LogP contribution in [0.3, 0.4) is 0 Å². The predicted octanol–water partition coefficient (Wildman–Crippen LogP) is 3.24. The second kappa shape index (κ2) is 7.95. The Morgan fingerprint density at radius 3 is 2.48 bits per heavy atom. The molecule has 0 saturated carbocycles. The largest absolute Gasteiger partial charge is 0.354 e. The normalized spacial score (nSPS) is 27.6. The first-order chi connectivity index (χ1) is 15.0. The standard InChI is InChI=1S/C24H29N3O3S/c1-18-8-7-15-26(18)24(28)22-14-13-20-17-25(16-19-9-3-2-4-10-19)31(29,30)23-12-6-5-11-21(23)27(20)22/h2-6,9-12,18,20,22H,7-8,13-17H2,1H3/t18-,20-,22+/m1/s1. The van der Waals surface area contributed by atoms with Gasteiger partial charge in [0.25, 0.3) is 0 Å². The highest BCUT2D eigenvalue weighted by atomic mass is 32.2. The molecule has 2 aromatic rings. The fourth-order valence-corrected chi connectivity index (χ4v) is 7.07. The molecule has 0 bridgehead atoms. The summed E-state index contributed by atoms with van der Waals surface area (Å²) in [5.41, 5.74) is 1.64. The van der Waals surface area contributed by atoms with Crippen molar-refractivity contribution in [1.29, 1.82) is 0 Å². The predicted molar refractivity (Wildman–Crippen MR) is 120 cm³/mol. The minimum atomic E-state index is -3.67. The summed E-state index contributed by atoms with van der Waals surface area (Å²) in [5, 5.41) is 0. The first-order valence-corrected chi connectivity index (χ1v) is 12.6. The Hall–Kier alpha value is -2.38. The quantitative estimate of drug-likeness (QED) is 0.737. The number of hydrogen-bond acceptors (Lipinski definition) is 4. The molecule has 31 heavy (non-hydrogen) atoms. The van der Waals surface area contributed by atoms with Crippen molar-refractivity contribution in [3.05, 3.63) is 60.2 Å². The number of sulfonamides is 1. The average molecular weight is 440 g/mol. The zero-order valence-electron chi connectivity index (χ0n) is 17.9. The maximum Gasteiger partial charge on any atom is 0.245 e. The van der Waals surface area contributed by atoms with Gasteiger partial charge in [-0.2, -0.15) is 4.31 Å². The molecule has 0 spiro atoms. The molecule has 3 aliphatic rings. The van der Waals surface area contributed by atoms with Gasteiger partial charge in [0.1, 0.15) is 10.9 Å². The number of carbonyl (C=O) groups is 1. The van der Waals surface area contributed by atoms with Gasteiger partial charge in [-0.25, -0.2) is 8.42 Å². The molecule has 2 saturated heterocycles. The van der Waals surface area contributed by atoms with Crippen LogP contribution >= 0.6 is 0 Å². The monoisotopic (exact) mass is 439 g/mol. The van der Waals surface area contributed by atoms with Crippen LogP contribution < -0.4 is 4.90 Å². The molecule has 5 rings (SSSR count). The van der Waals surface area contributed by atoms with E-state index in [4.69, 9.17) is 0 Å². The number of amides is 1. The summed E-state index contributed by atoms with van der Waals surface area (Å²) < 4.78 is 28.9. The third-order valence-electron chi connectivity index (χ3n) is 7.00. The first-order valence-electron chi connectivity index (χ1n) is 11.2. The molecule has 0 aliphatic carbocycles. The number of carbonyl (C=O) groups excluding carboxylic acids is 1. The molecule has 0 N–H and O–H groups in total. The van der Waals surface area contributed by atoms with Crippen LogP contribution in [-0.4, -0.2) is 54.7 Å². The van der Waals surface area contributed by atoms with Crippen molar-refractivity contribution in [3.63, 3.8) is 0 Å². The minimum absolute atomic E-state index is 0.00556.